The second-order valence-electron chi connectivity index (χ2n) is 5.60. The van der Waals surface area contributed by atoms with Crippen LogP contribution in [0.2, 0.25) is 0 Å². The third-order valence-electron chi connectivity index (χ3n) is 4.05. The minimum atomic E-state index is -0.660. The van der Waals surface area contributed by atoms with Gasteiger partial charge in [-0.05, 0) is 18.4 Å². The third kappa shape index (κ3) is 3.17. The second-order valence-corrected chi connectivity index (χ2v) is 5.60. The molecule has 0 bridgehead atoms. The summed E-state index contributed by atoms with van der Waals surface area (Å²) in [6.45, 7) is 1.30. The Morgan fingerprint density at radius 1 is 1.23 bits per heavy atom. The maximum atomic E-state index is 12.2. The van der Waals surface area contributed by atoms with Crippen LogP contribution in [0.4, 0.5) is 0 Å². The summed E-state index contributed by atoms with van der Waals surface area (Å²) in [6.07, 6.45) is 4.47. The number of hydrogen-bond acceptors (Lipinski definition) is 4. The van der Waals surface area contributed by atoms with Gasteiger partial charge < -0.3 is 15.6 Å². The average molecular weight is 299 g/mol. The van der Waals surface area contributed by atoms with Gasteiger partial charge in [0, 0.05) is 13.0 Å². The quantitative estimate of drug-likeness (QED) is 0.891. The van der Waals surface area contributed by atoms with Crippen molar-refractivity contribution < 1.29 is 4.79 Å². The number of amides is 1. The first-order chi connectivity index (χ1) is 10.8. The van der Waals surface area contributed by atoms with E-state index in [4.69, 9.17) is 5.73 Å². The Morgan fingerprint density at radius 3 is 2.86 bits per heavy atom. The van der Waals surface area contributed by atoms with Crippen LogP contribution in [-0.4, -0.2) is 20.7 Å². The zero-order valence-electron chi connectivity index (χ0n) is 12.5. The summed E-state index contributed by atoms with van der Waals surface area (Å²) in [7, 11) is 0. The van der Waals surface area contributed by atoms with E-state index in [1.54, 1.807) is 0 Å². The molecule has 0 saturated heterocycles. The Hall–Kier alpha value is -2.21. The van der Waals surface area contributed by atoms with Crippen molar-refractivity contribution in [2.75, 3.05) is 0 Å². The SMILES string of the molecule is NC(C(=O)NCc1nnc2n1CCCCC2)c1ccccc1. The lowest BCUT2D eigenvalue weighted by Gasteiger charge is -2.13. The molecule has 6 heteroatoms. The average Bonchev–Trinajstić information content (AvgIpc) is 2.79. The largest absolute Gasteiger partial charge is 0.347 e. The van der Waals surface area contributed by atoms with Gasteiger partial charge in [0.15, 0.2) is 5.82 Å². The van der Waals surface area contributed by atoms with Crippen molar-refractivity contribution in [2.24, 2.45) is 5.73 Å². The van der Waals surface area contributed by atoms with Crippen molar-refractivity contribution in [2.45, 2.75) is 44.8 Å². The van der Waals surface area contributed by atoms with Gasteiger partial charge in [-0.3, -0.25) is 4.79 Å². The summed E-state index contributed by atoms with van der Waals surface area (Å²) < 4.78 is 2.13. The monoisotopic (exact) mass is 299 g/mol. The van der Waals surface area contributed by atoms with Gasteiger partial charge in [0.1, 0.15) is 11.9 Å². The van der Waals surface area contributed by atoms with Gasteiger partial charge in [-0.15, -0.1) is 10.2 Å². The third-order valence-corrected chi connectivity index (χ3v) is 4.05. The van der Waals surface area contributed by atoms with E-state index in [1.165, 1.54) is 6.42 Å². The topological polar surface area (TPSA) is 85.8 Å². The molecule has 0 spiro atoms. The molecule has 0 aliphatic carbocycles. The van der Waals surface area contributed by atoms with Crippen LogP contribution in [0, 0.1) is 0 Å². The molecular formula is C16H21N5O. The summed E-state index contributed by atoms with van der Waals surface area (Å²) in [5.41, 5.74) is 6.79. The number of nitrogens with two attached hydrogens (primary N) is 1. The zero-order chi connectivity index (χ0) is 15.4. The van der Waals surface area contributed by atoms with Crippen molar-refractivity contribution in [3.63, 3.8) is 0 Å². The molecule has 116 valence electrons. The normalized spacial score (nSPS) is 15.7. The highest BCUT2D eigenvalue weighted by Gasteiger charge is 2.18. The molecule has 1 aromatic carbocycles. The van der Waals surface area contributed by atoms with Crippen LogP contribution in [-0.2, 0) is 24.3 Å². The molecule has 1 atom stereocenters. The number of hydrogen-bond donors (Lipinski definition) is 2. The molecule has 3 rings (SSSR count). The number of carbonyl (C=O) groups is 1. The highest BCUT2D eigenvalue weighted by molar-refractivity contribution is 5.82. The van der Waals surface area contributed by atoms with Gasteiger partial charge in [0.2, 0.25) is 5.91 Å². The molecule has 2 aromatic rings. The standard InChI is InChI=1S/C16H21N5O/c17-15(12-7-3-1-4-8-12)16(22)18-11-14-20-19-13-9-5-2-6-10-21(13)14/h1,3-4,7-8,15H,2,5-6,9-11,17H2,(H,18,22). The minimum absolute atomic E-state index is 0.197. The second kappa shape index (κ2) is 6.70. The molecule has 22 heavy (non-hydrogen) atoms. The Labute approximate surface area is 129 Å². The summed E-state index contributed by atoms with van der Waals surface area (Å²) >= 11 is 0. The predicted molar refractivity (Wildman–Crippen MR) is 82.8 cm³/mol. The number of fused-ring (bicyclic) bond motifs is 1. The van der Waals surface area contributed by atoms with Crippen LogP contribution in [0.5, 0.6) is 0 Å². The van der Waals surface area contributed by atoms with Gasteiger partial charge in [-0.25, -0.2) is 0 Å². The molecule has 3 N–H and O–H groups in total. The molecule has 1 unspecified atom stereocenters. The highest BCUT2D eigenvalue weighted by Crippen LogP contribution is 2.15. The van der Waals surface area contributed by atoms with Crippen LogP contribution in [0.1, 0.15) is 42.5 Å². The molecule has 1 aliphatic rings. The fourth-order valence-electron chi connectivity index (χ4n) is 2.76. The lowest BCUT2D eigenvalue weighted by molar-refractivity contribution is -0.122. The van der Waals surface area contributed by atoms with E-state index in [-0.39, 0.29) is 5.91 Å². The minimum Gasteiger partial charge on any atom is -0.347 e. The number of rotatable bonds is 4. The summed E-state index contributed by atoms with van der Waals surface area (Å²) in [5, 5.41) is 11.3. The van der Waals surface area contributed by atoms with Crippen LogP contribution in [0.15, 0.2) is 30.3 Å². The number of nitrogens with zero attached hydrogens (tertiary/aromatic N) is 3. The number of aryl methyl sites for hydroxylation is 1. The van der Waals surface area contributed by atoms with E-state index in [1.807, 2.05) is 30.3 Å². The fourth-order valence-corrected chi connectivity index (χ4v) is 2.76. The number of nitrogens with one attached hydrogen (secondary N) is 1. The van der Waals surface area contributed by atoms with Crippen LogP contribution < -0.4 is 11.1 Å². The van der Waals surface area contributed by atoms with E-state index in [0.29, 0.717) is 6.54 Å². The lowest BCUT2D eigenvalue weighted by Crippen LogP contribution is -2.34. The summed E-state index contributed by atoms with van der Waals surface area (Å²) in [5.74, 6) is 1.64. The number of benzene rings is 1. The molecule has 0 saturated carbocycles. The number of aromatic nitrogens is 3. The van der Waals surface area contributed by atoms with Gasteiger partial charge in [0.25, 0.3) is 0 Å². The van der Waals surface area contributed by atoms with E-state index < -0.39 is 6.04 Å². The van der Waals surface area contributed by atoms with Crippen molar-refractivity contribution in [1.29, 1.82) is 0 Å². The molecular weight excluding hydrogens is 278 g/mol. The van der Waals surface area contributed by atoms with Crippen LogP contribution in [0.25, 0.3) is 0 Å². The highest BCUT2D eigenvalue weighted by atomic mass is 16.2. The van der Waals surface area contributed by atoms with Crippen molar-refractivity contribution in [3.05, 3.63) is 47.5 Å². The molecule has 1 amide bonds. The van der Waals surface area contributed by atoms with E-state index in [0.717, 1.165) is 43.0 Å². The predicted octanol–water partition coefficient (Wildman–Crippen LogP) is 1.32. The Bertz CT molecular complexity index is 637. The Morgan fingerprint density at radius 2 is 2.05 bits per heavy atom. The van der Waals surface area contributed by atoms with E-state index >= 15 is 0 Å². The zero-order valence-corrected chi connectivity index (χ0v) is 12.5. The summed E-state index contributed by atoms with van der Waals surface area (Å²) in [4.78, 5) is 12.2. The van der Waals surface area contributed by atoms with E-state index in [2.05, 4.69) is 20.1 Å². The van der Waals surface area contributed by atoms with E-state index in [9.17, 15) is 4.79 Å². The number of carbonyl (C=O) groups excluding carboxylic acids is 1. The molecule has 0 fully saturated rings. The van der Waals surface area contributed by atoms with Gasteiger partial charge in [0.05, 0.1) is 6.54 Å². The lowest BCUT2D eigenvalue weighted by atomic mass is 10.1. The van der Waals surface area contributed by atoms with Crippen LogP contribution in [0.3, 0.4) is 0 Å². The van der Waals surface area contributed by atoms with Gasteiger partial charge in [-0.1, -0.05) is 36.8 Å². The maximum absolute atomic E-state index is 12.2. The summed E-state index contributed by atoms with van der Waals surface area (Å²) in [6, 6.07) is 8.70. The van der Waals surface area contributed by atoms with Crippen molar-refractivity contribution in [1.82, 2.24) is 20.1 Å². The van der Waals surface area contributed by atoms with Crippen molar-refractivity contribution in [3.8, 4) is 0 Å². The molecule has 1 aromatic heterocycles. The fraction of sp³-hybridized carbons (Fsp3) is 0.438. The molecule has 1 aliphatic heterocycles. The Kier molecular flexibility index (Phi) is 4.48. The Balaban J connectivity index is 1.63. The first-order valence-corrected chi connectivity index (χ1v) is 7.75. The molecule has 6 nitrogen and oxygen atoms in total. The first kappa shape index (κ1) is 14.7. The smallest absolute Gasteiger partial charge is 0.241 e. The van der Waals surface area contributed by atoms with Gasteiger partial charge >= 0.3 is 0 Å². The first-order valence-electron chi connectivity index (χ1n) is 7.75. The maximum Gasteiger partial charge on any atom is 0.241 e. The van der Waals surface area contributed by atoms with Gasteiger partial charge in [-0.2, -0.15) is 0 Å². The van der Waals surface area contributed by atoms with Crippen LogP contribution >= 0.6 is 0 Å². The molecule has 0 radical (unpaired) electrons. The van der Waals surface area contributed by atoms with Crippen molar-refractivity contribution >= 4 is 5.91 Å². The molecule has 2 heterocycles.